The van der Waals surface area contributed by atoms with Crippen LogP contribution in [0.4, 0.5) is 4.39 Å². The van der Waals surface area contributed by atoms with E-state index < -0.39 is 5.82 Å². The summed E-state index contributed by atoms with van der Waals surface area (Å²) in [6, 6.07) is 14.3. The van der Waals surface area contributed by atoms with Crippen LogP contribution in [0.2, 0.25) is 0 Å². The van der Waals surface area contributed by atoms with Crippen molar-refractivity contribution in [2.45, 2.75) is 37.9 Å². The number of fused-ring (bicyclic) bond motifs is 1. The van der Waals surface area contributed by atoms with Crippen molar-refractivity contribution in [1.29, 1.82) is 0 Å². The first-order chi connectivity index (χ1) is 18.2. The van der Waals surface area contributed by atoms with Crippen LogP contribution in [-0.2, 0) is 9.53 Å². The third kappa shape index (κ3) is 5.79. The van der Waals surface area contributed by atoms with Gasteiger partial charge in [0.2, 0.25) is 11.6 Å². The number of hydrogen-bond acceptors (Lipinski definition) is 8. The Bertz CT molecular complexity index is 1330. The number of furan rings is 1. The van der Waals surface area contributed by atoms with E-state index >= 15 is 0 Å². The van der Waals surface area contributed by atoms with Crippen molar-refractivity contribution in [1.82, 2.24) is 9.97 Å². The summed E-state index contributed by atoms with van der Waals surface area (Å²) >= 11 is 0. The number of halogens is 1. The van der Waals surface area contributed by atoms with Crippen LogP contribution in [0.15, 0.2) is 59.3 Å². The summed E-state index contributed by atoms with van der Waals surface area (Å²) in [4.78, 5) is 19.5. The average Bonchev–Trinajstić information content (AvgIpc) is 3.34. The second kappa shape index (κ2) is 12.4. The van der Waals surface area contributed by atoms with E-state index in [1.807, 2.05) is 30.3 Å². The van der Waals surface area contributed by atoms with Crippen molar-refractivity contribution >= 4 is 17.4 Å². The predicted octanol–water partition coefficient (Wildman–Crippen LogP) is 5.22. The minimum absolute atomic E-state index is 0.0457. The first kappa shape index (κ1) is 26.2. The molecular weight excluding hydrogens is 479 g/mol. The van der Waals surface area contributed by atoms with Crippen molar-refractivity contribution in [2.24, 2.45) is 0 Å². The maximum atomic E-state index is 14.7. The fourth-order valence-electron chi connectivity index (χ4n) is 4.58. The second-order valence-electron chi connectivity index (χ2n) is 8.41. The number of ether oxygens (including phenoxy) is 3. The summed E-state index contributed by atoms with van der Waals surface area (Å²) in [5, 5.41) is 7.58. The fourth-order valence-corrected chi connectivity index (χ4v) is 4.58. The summed E-state index contributed by atoms with van der Waals surface area (Å²) in [6.07, 6.45) is 5.25. The van der Waals surface area contributed by atoms with E-state index in [4.69, 9.17) is 23.7 Å². The highest BCUT2D eigenvalue weighted by molar-refractivity contribution is 6.03. The molecule has 2 aromatic carbocycles. The highest BCUT2D eigenvalue weighted by atomic mass is 19.1. The highest BCUT2D eigenvalue weighted by Gasteiger charge is 2.28. The number of carbonyl (C=O) groups excluding carboxylic acids is 1. The molecule has 37 heavy (non-hydrogen) atoms. The van der Waals surface area contributed by atoms with Gasteiger partial charge in [-0.15, -0.1) is 0 Å². The lowest BCUT2D eigenvalue weighted by Crippen LogP contribution is -2.30. The Morgan fingerprint density at radius 3 is 2.59 bits per heavy atom. The minimum Gasteiger partial charge on any atom is -0.494 e. The standard InChI is InChI=1S/C27H25FN2O5.CH4O/c1-32-22-11-10-18(14-21(22)28)23-24-26(34-20-9-5-8-19(15-20)33-13-12-31)29-16-30-27(24)35-25(23)17-6-3-2-4-7-17;1-2/h2-4,6-7,10-12,14,16,19-20H,5,8-9,13,15H2,1H3;2H,1H3. The third-order valence-electron chi connectivity index (χ3n) is 6.19. The molecule has 1 saturated carbocycles. The fraction of sp³-hybridized carbons (Fsp3) is 0.321. The zero-order valence-electron chi connectivity index (χ0n) is 20.7. The highest BCUT2D eigenvalue weighted by Crippen LogP contribution is 2.44. The van der Waals surface area contributed by atoms with Crippen LogP contribution in [-0.4, -0.2) is 54.4 Å². The Labute approximate surface area is 214 Å². The van der Waals surface area contributed by atoms with Crippen LogP contribution in [0.5, 0.6) is 11.6 Å². The van der Waals surface area contributed by atoms with E-state index in [1.165, 1.54) is 19.5 Å². The molecule has 194 valence electrons. The number of nitrogens with zero attached hydrogens (tertiary/aromatic N) is 2. The van der Waals surface area contributed by atoms with Gasteiger partial charge in [0.25, 0.3) is 0 Å². The molecule has 0 spiro atoms. The smallest absolute Gasteiger partial charge is 0.234 e. The monoisotopic (exact) mass is 508 g/mol. The number of methoxy groups -OCH3 is 1. The summed E-state index contributed by atoms with van der Waals surface area (Å²) in [5.74, 6) is 0.582. The molecule has 0 saturated heterocycles. The molecule has 2 heterocycles. The molecule has 9 heteroatoms. The average molecular weight is 509 g/mol. The summed E-state index contributed by atoms with van der Waals surface area (Å²) < 4.78 is 38.0. The zero-order valence-corrected chi connectivity index (χ0v) is 20.7. The van der Waals surface area contributed by atoms with Gasteiger partial charge in [-0.3, -0.25) is 0 Å². The topological polar surface area (TPSA) is 104 Å². The molecule has 1 aliphatic carbocycles. The van der Waals surface area contributed by atoms with Gasteiger partial charge in [0.05, 0.1) is 13.2 Å². The Morgan fingerprint density at radius 1 is 1.08 bits per heavy atom. The number of rotatable bonds is 8. The molecule has 0 amide bonds. The Balaban J connectivity index is 0.00000156. The maximum absolute atomic E-state index is 14.7. The summed E-state index contributed by atoms with van der Waals surface area (Å²) in [5.41, 5.74) is 2.41. The second-order valence-corrected chi connectivity index (χ2v) is 8.41. The van der Waals surface area contributed by atoms with Crippen LogP contribution in [0.1, 0.15) is 25.7 Å². The number of benzene rings is 2. The number of aliphatic hydroxyl groups excluding tert-OH is 1. The molecule has 0 aliphatic heterocycles. The molecule has 1 fully saturated rings. The Kier molecular flexibility index (Phi) is 8.81. The summed E-state index contributed by atoms with van der Waals surface area (Å²) in [6.45, 7) is 0.0739. The Hall–Kier alpha value is -3.82. The van der Waals surface area contributed by atoms with Crippen LogP contribution < -0.4 is 9.47 Å². The number of carbonyl (C=O) groups is 1. The number of aliphatic hydroxyl groups is 1. The molecule has 2 unspecified atom stereocenters. The maximum Gasteiger partial charge on any atom is 0.234 e. The van der Waals surface area contributed by atoms with Gasteiger partial charge in [-0.05, 0) is 37.0 Å². The number of aldehydes is 1. The van der Waals surface area contributed by atoms with E-state index in [9.17, 15) is 9.18 Å². The van der Waals surface area contributed by atoms with Crippen LogP contribution >= 0.6 is 0 Å². The van der Waals surface area contributed by atoms with Crippen LogP contribution in [0.25, 0.3) is 33.6 Å². The molecular formula is C28H29FN2O6. The lowest BCUT2D eigenvalue weighted by atomic mass is 9.94. The summed E-state index contributed by atoms with van der Waals surface area (Å²) in [7, 11) is 2.43. The lowest BCUT2D eigenvalue weighted by Gasteiger charge is -2.28. The molecule has 2 aromatic heterocycles. The molecule has 0 bridgehead atoms. The normalized spacial score (nSPS) is 17.1. The largest absolute Gasteiger partial charge is 0.494 e. The molecule has 5 rings (SSSR count). The number of aromatic nitrogens is 2. The molecule has 2 atom stereocenters. The Morgan fingerprint density at radius 2 is 1.86 bits per heavy atom. The van der Waals surface area contributed by atoms with Gasteiger partial charge in [0, 0.05) is 24.7 Å². The van der Waals surface area contributed by atoms with E-state index in [-0.39, 0.29) is 24.6 Å². The molecule has 4 aromatic rings. The first-order valence-corrected chi connectivity index (χ1v) is 12.0. The van der Waals surface area contributed by atoms with Crippen molar-refractivity contribution in [3.63, 3.8) is 0 Å². The third-order valence-corrected chi connectivity index (χ3v) is 6.19. The van der Waals surface area contributed by atoms with Crippen LogP contribution in [0.3, 0.4) is 0 Å². The van der Waals surface area contributed by atoms with E-state index in [1.54, 1.807) is 12.1 Å². The first-order valence-electron chi connectivity index (χ1n) is 12.0. The molecule has 1 aliphatic rings. The van der Waals surface area contributed by atoms with Crippen molar-refractivity contribution in [2.75, 3.05) is 20.8 Å². The molecule has 8 nitrogen and oxygen atoms in total. The van der Waals surface area contributed by atoms with Crippen molar-refractivity contribution in [3.8, 4) is 34.1 Å². The predicted molar refractivity (Wildman–Crippen MR) is 136 cm³/mol. The van der Waals surface area contributed by atoms with Crippen molar-refractivity contribution in [3.05, 3.63) is 60.7 Å². The van der Waals surface area contributed by atoms with Crippen LogP contribution in [0, 0.1) is 5.82 Å². The minimum atomic E-state index is -0.486. The van der Waals surface area contributed by atoms with Gasteiger partial charge in [-0.25, -0.2) is 14.4 Å². The van der Waals surface area contributed by atoms with Gasteiger partial charge < -0.3 is 28.5 Å². The van der Waals surface area contributed by atoms with E-state index in [0.717, 1.165) is 38.2 Å². The quantitative estimate of drug-likeness (QED) is 0.323. The lowest BCUT2D eigenvalue weighted by molar-refractivity contribution is -0.115. The van der Waals surface area contributed by atoms with Gasteiger partial charge >= 0.3 is 0 Å². The van der Waals surface area contributed by atoms with E-state index in [0.29, 0.717) is 40.3 Å². The number of hydrogen-bond donors (Lipinski definition) is 1. The van der Waals surface area contributed by atoms with E-state index in [2.05, 4.69) is 9.97 Å². The van der Waals surface area contributed by atoms with Gasteiger partial charge in [-0.2, -0.15) is 0 Å². The zero-order chi connectivity index (χ0) is 26.2. The molecule has 0 radical (unpaired) electrons. The van der Waals surface area contributed by atoms with Gasteiger partial charge in [0.1, 0.15) is 36.5 Å². The van der Waals surface area contributed by atoms with Gasteiger partial charge in [-0.1, -0.05) is 36.4 Å². The van der Waals surface area contributed by atoms with Gasteiger partial charge in [0.15, 0.2) is 11.6 Å². The SMILES string of the molecule is CO.COc1ccc(-c2c(-c3ccccc3)oc3ncnc(OC4CCCC(OCC=O)C4)c23)cc1F. The molecule has 1 N–H and O–H groups in total. The van der Waals surface area contributed by atoms with Crippen molar-refractivity contribution < 1.29 is 32.9 Å².